The Kier molecular flexibility index (Phi) is 10.5. The Morgan fingerprint density at radius 1 is 1.22 bits per heavy atom. The highest BCUT2D eigenvalue weighted by Gasteiger charge is 2.41. The van der Waals surface area contributed by atoms with Gasteiger partial charge in [0.25, 0.3) is 0 Å². The predicted molar refractivity (Wildman–Crippen MR) is 127 cm³/mol. The van der Waals surface area contributed by atoms with Crippen molar-refractivity contribution in [1.29, 1.82) is 0 Å². The summed E-state index contributed by atoms with van der Waals surface area (Å²) in [5.74, 6) is -0.347. The van der Waals surface area contributed by atoms with Crippen molar-refractivity contribution in [3.8, 4) is 0 Å². The fraction of sp³-hybridized carbons (Fsp3) is 0.625. The van der Waals surface area contributed by atoms with Crippen LogP contribution in [0, 0.1) is 5.92 Å². The van der Waals surface area contributed by atoms with Crippen LogP contribution in [0.4, 0.5) is 0 Å². The van der Waals surface area contributed by atoms with E-state index in [1.807, 2.05) is 37.3 Å². The maximum absolute atomic E-state index is 13.5. The summed E-state index contributed by atoms with van der Waals surface area (Å²) in [4.78, 5) is 39.5. The van der Waals surface area contributed by atoms with E-state index in [1.54, 1.807) is 25.6 Å². The van der Waals surface area contributed by atoms with Gasteiger partial charge in [-0.25, -0.2) is 4.79 Å². The zero-order valence-electron chi connectivity index (χ0n) is 19.5. The van der Waals surface area contributed by atoms with Gasteiger partial charge in [0, 0.05) is 17.5 Å². The summed E-state index contributed by atoms with van der Waals surface area (Å²) in [5.41, 5.74) is 1.10. The minimum Gasteiger partial charge on any atom is -0.480 e. The maximum atomic E-state index is 13.5. The number of carboxylic acid groups (broad SMARTS) is 1. The molecule has 1 heterocycles. The third-order valence-electron chi connectivity index (χ3n) is 6.10. The summed E-state index contributed by atoms with van der Waals surface area (Å²) >= 11 is 1.62. The SMILES string of the molecule is CCOC(=O)C(CCc1ccccc1)NC1CSCC(C(C)CC)N(C(C)C(=O)O)C1=O. The summed E-state index contributed by atoms with van der Waals surface area (Å²) in [6.45, 7) is 7.67. The third-order valence-corrected chi connectivity index (χ3v) is 7.24. The lowest BCUT2D eigenvalue weighted by Crippen LogP contribution is -2.59. The fourth-order valence-electron chi connectivity index (χ4n) is 3.94. The number of benzene rings is 1. The van der Waals surface area contributed by atoms with Crippen LogP contribution in [0.3, 0.4) is 0 Å². The molecule has 0 saturated carbocycles. The largest absolute Gasteiger partial charge is 0.480 e. The van der Waals surface area contributed by atoms with E-state index >= 15 is 0 Å². The highest BCUT2D eigenvalue weighted by molar-refractivity contribution is 7.99. The number of carbonyl (C=O) groups is 3. The van der Waals surface area contributed by atoms with Crippen molar-refractivity contribution in [3.05, 3.63) is 35.9 Å². The van der Waals surface area contributed by atoms with Crippen molar-refractivity contribution in [2.24, 2.45) is 5.92 Å². The Morgan fingerprint density at radius 2 is 1.91 bits per heavy atom. The molecule has 1 fully saturated rings. The molecule has 1 aliphatic heterocycles. The number of nitrogens with zero attached hydrogens (tertiary/aromatic N) is 1. The smallest absolute Gasteiger partial charge is 0.326 e. The van der Waals surface area contributed by atoms with Gasteiger partial charge in [-0.3, -0.25) is 14.9 Å². The fourth-order valence-corrected chi connectivity index (χ4v) is 5.28. The third kappa shape index (κ3) is 6.97. The Labute approximate surface area is 195 Å². The quantitative estimate of drug-likeness (QED) is 0.486. The van der Waals surface area contributed by atoms with Gasteiger partial charge < -0.3 is 14.7 Å². The molecule has 0 spiro atoms. The van der Waals surface area contributed by atoms with E-state index in [-0.39, 0.29) is 30.4 Å². The van der Waals surface area contributed by atoms with E-state index in [1.165, 1.54) is 4.90 Å². The number of hydrogen-bond donors (Lipinski definition) is 2. The number of aryl methyl sites for hydroxylation is 1. The Balaban J connectivity index is 2.23. The molecule has 2 rings (SSSR count). The van der Waals surface area contributed by atoms with Crippen molar-refractivity contribution < 1.29 is 24.2 Å². The molecule has 1 amide bonds. The van der Waals surface area contributed by atoms with E-state index in [0.29, 0.717) is 24.3 Å². The molecule has 0 aromatic heterocycles. The second kappa shape index (κ2) is 12.8. The summed E-state index contributed by atoms with van der Waals surface area (Å²) in [5, 5.41) is 12.9. The first-order chi connectivity index (χ1) is 15.3. The average Bonchev–Trinajstić information content (AvgIpc) is 2.94. The lowest BCUT2D eigenvalue weighted by atomic mass is 9.96. The van der Waals surface area contributed by atoms with Crippen LogP contribution in [-0.2, 0) is 25.5 Å². The molecule has 178 valence electrons. The Morgan fingerprint density at radius 3 is 2.50 bits per heavy atom. The monoisotopic (exact) mass is 464 g/mol. The molecular formula is C24H36N2O5S. The summed E-state index contributed by atoms with van der Waals surface area (Å²) < 4.78 is 5.26. The van der Waals surface area contributed by atoms with Gasteiger partial charge in [0.1, 0.15) is 12.1 Å². The molecule has 0 aliphatic carbocycles. The first-order valence-corrected chi connectivity index (χ1v) is 12.5. The minimum absolute atomic E-state index is 0.166. The van der Waals surface area contributed by atoms with Crippen LogP contribution >= 0.6 is 11.8 Å². The van der Waals surface area contributed by atoms with Crippen molar-refractivity contribution in [1.82, 2.24) is 10.2 Å². The average molecular weight is 465 g/mol. The van der Waals surface area contributed by atoms with Crippen LogP contribution < -0.4 is 5.32 Å². The molecule has 2 N–H and O–H groups in total. The first kappa shape index (κ1) is 26.2. The predicted octanol–water partition coefficient (Wildman–Crippen LogP) is 2.97. The highest BCUT2D eigenvalue weighted by Crippen LogP contribution is 2.27. The van der Waals surface area contributed by atoms with Gasteiger partial charge in [-0.1, -0.05) is 50.6 Å². The molecule has 5 unspecified atom stereocenters. The highest BCUT2D eigenvalue weighted by atomic mass is 32.2. The normalized spacial score (nSPS) is 22.0. The van der Waals surface area contributed by atoms with Crippen LogP contribution in [0.5, 0.6) is 0 Å². The van der Waals surface area contributed by atoms with Crippen molar-refractivity contribution >= 4 is 29.6 Å². The zero-order valence-corrected chi connectivity index (χ0v) is 20.3. The van der Waals surface area contributed by atoms with E-state index in [9.17, 15) is 19.5 Å². The van der Waals surface area contributed by atoms with Gasteiger partial charge in [-0.2, -0.15) is 11.8 Å². The van der Waals surface area contributed by atoms with E-state index in [0.717, 1.165) is 12.0 Å². The molecule has 1 aromatic carbocycles. The van der Waals surface area contributed by atoms with Crippen molar-refractivity contribution in [3.63, 3.8) is 0 Å². The Bertz CT molecular complexity index is 760. The number of nitrogens with one attached hydrogen (secondary N) is 1. The number of thioether (sulfide) groups is 1. The molecule has 1 saturated heterocycles. The molecule has 5 atom stereocenters. The standard InChI is InChI=1S/C24H36N2O5S/c1-5-16(3)21-15-32-14-20(22(27)26(21)17(4)23(28)29)25-19(24(30)31-6-2)13-12-18-10-8-7-9-11-18/h7-11,16-17,19-21,25H,5-6,12-15H2,1-4H3,(H,28,29). The summed E-state index contributed by atoms with van der Waals surface area (Å²) in [6.07, 6.45) is 2.00. The van der Waals surface area contributed by atoms with E-state index in [2.05, 4.69) is 12.2 Å². The number of esters is 1. The van der Waals surface area contributed by atoms with Crippen LogP contribution in [0.1, 0.15) is 46.1 Å². The van der Waals surface area contributed by atoms with Gasteiger partial charge in [-0.05, 0) is 38.2 Å². The van der Waals surface area contributed by atoms with Crippen LogP contribution in [0.25, 0.3) is 0 Å². The molecule has 1 aliphatic rings. The van der Waals surface area contributed by atoms with Gasteiger partial charge in [-0.15, -0.1) is 0 Å². The molecule has 1 aromatic rings. The summed E-state index contributed by atoms with van der Waals surface area (Å²) in [7, 11) is 0. The number of carbonyl (C=O) groups excluding carboxylic acids is 2. The maximum Gasteiger partial charge on any atom is 0.326 e. The van der Waals surface area contributed by atoms with Gasteiger partial charge >= 0.3 is 11.9 Å². The first-order valence-electron chi connectivity index (χ1n) is 11.4. The lowest BCUT2D eigenvalue weighted by Gasteiger charge is -2.38. The lowest BCUT2D eigenvalue weighted by molar-refractivity contribution is -0.153. The van der Waals surface area contributed by atoms with Crippen LogP contribution in [-0.4, -0.2) is 70.1 Å². The second-order valence-corrected chi connectivity index (χ2v) is 9.37. The van der Waals surface area contributed by atoms with Crippen LogP contribution in [0.2, 0.25) is 0 Å². The molecule has 32 heavy (non-hydrogen) atoms. The van der Waals surface area contributed by atoms with Crippen molar-refractivity contribution in [2.75, 3.05) is 18.1 Å². The molecular weight excluding hydrogens is 428 g/mol. The molecule has 0 radical (unpaired) electrons. The van der Waals surface area contributed by atoms with E-state index in [4.69, 9.17) is 4.74 Å². The zero-order chi connectivity index (χ0) is 23.7. The second-order valence-electron chi connectivity index (χ2n) is 8.30. The number of rotatable bonds is 11. The molecule has 7 nitrogen and oxygen atoms in total. The van der Waals surface area contributed by atoms with Gasteiger partial charge in [0.15, 0.2) is 0 Å². The van der Waals surface area contributed by atoms with Crippen molar-refractivity contribution in [2.45, 2.75) is 71.1 Å². The topological polar surface area (TPSA) is 95.9 Å². The van der Waals surface area contributed by atoms with Crippen LogP contribution in [0.15, 0.2) is 30.3 Å². The van der Waals surface area contributed by atoms with Gasteiger partial charge in [0.05, 0.1) is 12.6 Å². The Hall–Kier alpha value is -2.06. The number of aliphatic carboxylic acids is 1. The number of carboxylic acids is 1. The summed E-state index contributed by atoms with van der Waals surface area (Å²) in [6, 6.07) is 7.45. The number of amides is 1. The van der Waals surface area contributed by atoms with E-state index < -0.39 is 24.1 Å². The number of ether oxygens (including phenoxy) is 1. The van der Waals surface area contributed by atoms with Gasteiger partial charge in [0.2, 0.25) is 5.91 Å². The molecule has 0 bridgehead atoms. The molecule has 8 heteroatoms. The minimum atomic E-state index is -1.02. The number of hydrogen-bond acceptors (Lipinski definition) is 6.